The Morgan fingerprint density at radius 1 is 1.23 bits per heavy atom. The van der Waals surface area contributed by atoms with Gasteiger partial charge in [-0.15, -0.1) is 0 Å². The maximum Gasteiger partial charge on any atom is 0.361 e. The molecule has 0 saturated heterocycles. The molecule has 3 aromatic rings. The van der Waals surface area contributed by atoms with Crippen molar-refractivity contribution in [3.05, 3.63) is 59.3 Å². The number of benzene rings is 1. The molecule has 0 spiro atoms. The Balaban J connectivity index is 1.74. The first-order valence-corrected chi connectivity index (χ1v) is 6.75. The van der Waals surface area contributed by atoms with Crippen LogP contribution >= 0.6 is 0 Å². The topological polar surface area (TPSA) is 78.4 Å². The lowest BCUT2D eigenvalue weighted by Crippen LogP contribution is -2.07. The molecule has 0 atom stereocenters. The molecule has 6 nitrogen and oxygen atoms in total. The van der Waals surface area contributed by atoms with Crippen molar-refractivity contribution in [2.45, 2.75) is 20.5 Å². The molecule has 0 unspecified atom stereocenters. The van der Waals surface area contributed by atoms with Gasteiger partial charge in [0.2, 0.25) is 5.89 Å². The fraction of sp³-hybridized carbons (Fsp3) is 0.188. The number of aryl methyl sites for hydroxylation is 2. The van der Waals surface area contributed by atoms with Gasteiger partial charge >= 0.3 is 5.97 Å². The van der Waals surface area contributed by atoms with E-state index in [2.05, 4.69) is 10.1 Å². The third kappa shape index (κ3) is 2.90. The van der Waals surface area contributed by atoms with Gasteiger partial charge in [0.05, 0.1) is 0 Å². The van der Waals surface area contributed by atoms with Gasteiger partial charge in [-0.05, 0) is 26.0 Å². The van der Waals surface area contributed by atoms with Crippen LogP contribution in [0.2, 0.25) is 0 Å². The molecule has 112 valence electrons. The summed E-state index contributed by atoms with van der Waals surface area (Å²) in [5.41, 5.74) is 1.52. The highest BCUT2D eigenvalue weighted by Gasteiger charge is 2.19. The maximum atomic E-state index is 12.1. The summed E-state index contributed by atoms with van der Waals surface area (Å²) in [6.07, 6.45) is 0. The molecule has 6 heteroatoms. The number of rotatable bonds is 4. The van der Waals surface area contributed by atoms with Crippen LogP contribution in [0, 0.1) is 13.8 Å². The Morgan fingerprint density at radius 2 is 2.00 bits per heavy atom. The zero-order valence-electron chi connectivity index (χ0n) is 12.2. The Labute approximate surface area is 126 Å². The number of nitrogens with zero attached hydrogens (tertiary/aromatic N) is 2. The van der Waals surface area contributed by atoms with E-state index in [4.69, 9.17) is 13.7 Å². The number of esters is 1. The number of carbonyl (C=O) groups excluding carboxylic acids is 1. The summed E-state index contributed by atoms with van der Waals surface area (Å²) in [5, 5.41) is 3.76. The smallest absolute Gasteiger partial charge is 0.361 e. The second-order valence-corrected chi connectivity index (χ2v) is 4.79. The van der Waals surface area contributed by atoms with Gasteiger partial charge in [-0.2, -0.15) is 0 Å². The first-order chi connectivity index (χ1) is 10.6. The minimum atomic E-state index is -0.552. The van der Waals surface area contributed by atoms with Crippen LogP contribution in [-0.2, 0) is 11.3 Å². The molecule has 2 aromatic heterocycles. The van der Waals surface area contributed by atoms with Gasteiger partial charge in [0, 0.05) is 11.6 Å². The summed E-state index contributed by atoms with van der Waals surface area (Å²) < 4.78 is 15.6. The summed E-state index contributed by atoms with van der Waals surface area (Å²) in [6.45, 7) is 3.48. The first kappa shape index (κ1) is 14.1. The monoisotopic (exact) mass is 298 g/mol. The van der Waals surface area contributed by atoms with Gasteiger partial charge in [-0.3, -0.25) is 0 Å². The highest BCUT2D eigenvalue weighted by atomic mass is 16.5. The Morgan fingerprint density at radius 3 is 2.68 bits per heavy atom. The zero-order chi connectivity index (χ0) is 15.5. The molecular formula is C16H14N2O4. The lowest BCUT2D eigenvalue weighted by molar-refractivity contribution is 0.0456. The van der Waals surface area contributed by atoms with E-state index in [1.165, 1.54) is 0 Å². The van der Waals surface area contributed by atoms with Crippen LogP contribution in [0.25, 0.3) is 11.5 Å². The third-order valence-corrected chi connectivity index (χ3v) is 3.04. The average molecular weight is 298 g/mol. The summed E-state index contributed by atoms with van der Waals surface area (Å²) in [7, 11) is 0. The van der Waals surface area contributed by atoms with Crippen molar-refractivity contribution in [3.8, 4) is 11.5 Å². The minimum absolute atomic E-state index is 0.0309. The Hall–Kier alpha value is -2.89. The van der Waals surface area contributed by atoms with Crippen molar-refractivity contribution >= 4 is 5.97 Å². The Kier molecular flexibility index (Phi) is 3.74. The predicted molar refractivity (Wildman–Crippen MR) is 77.0 cm³/mol. The maximum absolute atomic E-state index is 12.1. The molecule has 0 aliphatic carbocycles. The third-order valence-electron chi connectivity index (χ3n) is 3.04. The highest BCUT2D eigenvalue weighted by Crippen LogP contribution is 2.22. The molecular weight excluding hydrogens is 284 g/mol. The van der Waals surface area contributed by atoms with Crippen molar-refractivity contribution in [3.63, 3.8) is 0 Å². The number of hydrogen-bond donors (Lipinski definition) is 0. The van der Waals surface area contributed by atoms with Crippen LogP contribution in [-0.4, -0.2) is 16.1 Å². The normalized spacial score (nSPS) is 10.6. The van der Waals surface area contributed by atoms with E-state index >= 15 is 0 Å². The molecule has 22 heavy (non-hydrogen) atoms. The van der Waals surface area contributed by atoms with Crippen molar-refractivity contribution in [2.75, 3.05) is 0 Å². The molecule has 0 amide bonds. The molecule has 0 radical (unpaired) electrons. The largest absolute Gasteiger partial charge is 0.454 e. The van der Waals surface area contributed by atoms with Gasteiger partial charge in [0.1, 0.15) is 23.8 Å². The summed E-state index contributed by atoms with van der Waals surface area (Å²) in [4.78, 5) is 16.3. The summed E-state index contributed by atoms with van der Waals surface area (Å²) >= 11 is 0. The van der Waals surface area contributed by atoms with E-state index in [9.17, 15) is 4.79 Å². The molecule has 0 fully saturated rings. The van der Waals surface area contributed by atoms with Gasteiger partial charge in [0.15, 0.2) is 5.69 Å². The van der Waals surface area contributed by atoms with Crippen molar-refractivity contribution in [1.29, 1.82) is 0 Å². The quantitative estimate of drug-likeness (QED) is 0.688. The summed E-state index contributed by atoms with van der Waals surface area (Å²) in [5.74, 6) is 0.918. The van der Waals surface area contributed by atoms with E-state index < -0.39 is 5.97 Å². The molecule has 0 N–H and O–H groups in total. The van der Waals surface area contributed by atoms with Gasteiger partial charge in [-0.1, -0.05) is 23.4 Å². The van der Waals surface area contributed by atoms with Crippen LogP contribution < -0.4 is 0 Å². The predicted octanol–water partition coefficient (Wildman–Crippen LogP) is 3.30. The summed E-state index contributed by atoms with van der Waals surface area (Å²) in [6, 6.07) is 11.1. The number of oxazole rings is 1. The molecule has 3 rings (SSSR count). The van der Waals surface area contributed by atoms with Gasteiger partial charge in [0.25, 0.3) is 0 Å². The van der Waals surface area contributed by atoms with E-state index in [-0.39, 0.29) is 12.3 Å². The number of aromatic nitrogens is 2. The van der Waals surface area contributed by atoms with Crippen LogP contribution in [0.4, 0.5) is 0 Å². The SMILES string of the molecule is Cc1cc(COC(=O)c2nc(-c3ccccc3)oc2C)no1. The second kappa shape index (κ2) is 5.85. The molecule has 1 aromatic carbocycles. The molecule has 0 bridgehead atoms. The van der Waals surface area contributed by atoms with Crippen LogP contribution in [0.15, 0.2) is 45.3 Å². The zero-order valence-corrected chi connectivity index (χ0v) is 12.2. The van der Waals surface area contributed by atoms with Crippen molar-refractivity contribution < 1.29 is 18.5 Å². The van der Waals surface area contributed by atoms with E-state index in [1.54, 1.807) is 19.9 Å². The van der Waals surface area contributed by atoms with Crippen LogP contribution in [0.3, 0.4) is 0 Å². The average Bonchev–Trinajstić information content (AvgIpc) is 3.12. The molecule has 2 heterocycles. The molecule has 0 aliphatic heterocycles. The Bertz CT molecular complexity index is 790. The van der Waals surface area contributed by atoms with Gasteiger partial charge < -0.3 is 13.7 Å². The van der Waals surface area contributed by atoms with Crippen molar-refractivity contribution in [2.24, 2.45) is 0 Å². The fourth-order valence-electron chi connectivity index (χ4n) is 1.98. The van der Waals surface area contributed by atoms with Crippen LogP contribution in [0.1, 0.15) is 27.7 Å². The second-order valence-electron chi connectivity index (χ2n) is 4.79. The van der Waals surface area contributed by atoms with Crippen molar-refractivity contribution in [1.82, 2.24) is 10.1 Å². The van der Waals surface area contributed by atoms with E-state index in [1.807, 2.05) is 30.3 Å². The molecule has 0 aliphatic rings. The highest BCUT2D eigenvalue weighted by molar-refractivity contribution is 5.88. The van der Waals surface area contributed by atoms with Crippen LogP contribution in [0.5, 0.6) is 0 Å². The first-order valence-electron chi connectivity index (χ1n) is 6.75. The molecule has 0 saturated carbocycles. The van der Waals surface area contributed by atoms with Gasteiger partial charge in [-0.25, -0.2) is 9.78 Å². The number of carbonyl (C=O) groups is 1. The minimum Gasteiger partial charge on any atom is -0.454 e. The van der Waals surface area contributed by atoms with E-state index in [0.29, 0.717) is 23.1 Å². The van der Waals surface area contributed by atoms with E-state index in [0.717, 1.165) is 5.56 Å². The number of ether oxygens (including phenoxy) is 1. The number of hydrogen-bond acceptors (Lipinski definition) is 6. The standard InChI is InChI=1S/C16H14N2O4/c1-10-8-13(18-22-10)9-20-16(19)14-11(2)21-15(17-14)12-6-4-3-5-7-12/h3-8H,9H2,1-2H3. The lowest BCUT2D eigenvalue weighted by atomic mass is 10.2. The lowest BCUT2D eigenvalue weighted by Gasteiger charge is -1.99. The fourth-order valence-corrected chi connectivity index (χ4v) is 1.98.